The zero-order valence-corrected chi connectivity index (χ0v) is 19.7. The average Bonchev–Trinajstić information content (AvgIpc) is 3.39. The summed E-state index contributed by atoms with van der Waals surface area (Å²) in [7, 11) is 1.57. The summed E-state index contributed by atoms with van der Waals surface area (Å²) < 4.78 is 11.7. The lowest BCUT2D eigenvalue weighted by atomic mass is 9.98. The molecule has 0 radical (unpaired) electrons. The predicted molar refractivity (Wildman–Crippen MR) is 126 cm³/mol. The minimum Gasteiger partial charge on any atom is -0.493 e. The summed E-state index contributed by atoms with van der Waals surface area (Å²) in [6.07, 6.45) is 3.63. The Labute approximate surface area is 198 Å². The molecular formula is C26H30N2O6. The Bertz CT molecular complexity index is 1110. The highest BCUT2D eigenvalue weighted by Gasteiger charge is 2.42. The van der Waals surface area contributed by atoms with Crippen LogP contribution in [-0.4, -0.2) is 47.0 Å². The molecular weight excluding hydrogens is 436 g/mol. The van der Waals surface area contributed by atoms with Crippen molar-refractivity contribution >= 4 is 23.4 Å². The topological polar surface area (TPSA) is 105 Å². The van der Waals surface area contributed by atoms with E-state index in [1.165, 1.54) is 11.8 Å². The molecule has 1 saturated carbocycles. The van der Waals surface area contributed by atoms with Crippen LogP contribution in [0.4, 0.5) is 5.69 Å². The number of methoxy groups -OCH3 is 1. The Balaban J connectivity index is 1.73. The third kappa shape index (κ3) is 4.63. The van der Waals surface area contributed by atoms with Crippen LogP contribution in [0.3, 0.4) is 0 Å². The quantitative estimate of drug-likeness (QED) is 0.568. The molecule has 180 valence electrons. The van der Waals surface area contributed by atoms with Gasteiger partial charge in [-0.2, -0.15) is 0 Å². The SMILES string of the molecule is COc1ccc(C(CC(C)O)N2C(=O)c3cccc(NC(C)=O)c3C2=O)cc1OC1CCCC1. The van der Waals surface area contributed by atoms with Crippen LogP contribution in [0.2, 0.25) is 0 Å². The molecule has 2 aromatic carbocycles. The number of hydrogen-bond donors (Lipinski definition) is 2. The molecule has 3 amide bonds. The minimum atomic E-state index is -0.773. The van der Waals surface area contributed by atoms with Gasteiger partial charge in [-0.25, -0.2) is 0 Å². The van der Waals surface area contributed by atoms with Gasteiger partial charge in [-0.3, -0.25) is 19.3 Å². The van der Waals surface area contributed by atoms with Crippen molar-refractivity contribution in [1.82, 2.24) is 4.90 Å². The highest BCUT2D eigenvalue weighted by molar-refractivity contribution is 6.24. The highest BCUT2D eigenvalue weighted by atomic mass is 16.5. The monoisotopic (exact) mass is 466 g/mol. The van der Waals surface area contributed by atoms with Gasteiger partial charge >= 0.3 is 0 Å². The van der Waals surface area contributed by atoms with E-state index in [-0.39, 0.29) is 29.6 Å². The van der Waals surface area contributed by atoms with Crippen LogP contribution < -0.4 is 14.8 Å². The van der Waals surface area contributed by atoms with E-state index in [4.69, 9.17) is 9.47 Å². The molecule has 0 saturated heterocycles. The van der Waals surface area contributed by atoms with Gasteiger partial charge in [0.2, 0.25) is 5.91 Å². The lowest BCUT2D eigenvalue weighted by Crippen LogP contribution is -2.36. The van der Waals surface area contributed by atoms with E-state index in [0.29, 0.717) is 22.7 Å². The van der Waals surface area contributed by atoms with Gasteiger partial charge < -0.3 is 19.9 Å². The van der Waals surface area contributed by atoms with Gasteiger partial charge in [-0.05, 0) is 68.9 Å². The molecule has 2 unspecified atom stereocenters. The summed E-state index contributed by atoms with van der Waals surface area (Å²) in [6.45, 7) is 2.96. The molecule has 2 aromatic rings. The van der Waals surface area contributed by atoms with Crippen LogP contribution in [0.25, 0.3) is 0 Å². The van der Waals surface area contributed by atoms with Crippen LogP contribution in [0.1, 0.15) is 78.3 Å². The number of fused-ring (bicyclic) bond motifs is 1. The third-order valence-corrected chi connectivity index (χ3v) is 6.30. The van der Waals surface area contributed by atoms with Gasteiger partial charge in [-0.1, -0.05) is 12.1 Å². The highest BCUT2D eigenvalue weighted by Crippen LogP contribution is 2.40. The largest absolute Gasteiger partial charge is 0.493 e. The Hall–Kier alpha value is -3.39. The number of ether oxygens (including phenoxy) is 2. The molecule has 1 aliphatic heterocycles. The summed E-state index contributed by atoms with van der Waals surface area (Å²) in [4.78, 5) is 39.7. The van der Waals surface area contributed by atoms with E-state index >= 15 is 0 Å². The molecule has 34 heavy (non-hydrogen) atoms. The lowest BCUT2D eigenvalue weighted by Gasteiger charge is -2.28. The summed E-state index contributed by atoms with van der Waals surface area (Å²) in [5.74, 6) is -0.188. The number of amides is 3. The normalized spacial score (nSPS) is 17.5. The smallest absolute Gasteiger partial charge is 0.264 e. The Morgan fingerprint density at radius 3 is 2.53 bits per heavy atom. The summed E-state index contributed by atoms with van der Waals surface area (Å²) >= 11 is 0. The number of rotatable bonds is 8. The van der Waals surface area contributed by atoms with Crippen molar-refractivity contribution in [3.8, 4) is 11.5 Å². The van der Waals surface area contributed by atoms with Crippen molar-refractivity contribution in [2.45, 2.75) is 64.2 Å². The summed E-state index contributed by atoms with van der Waals surface area (Å²) in [6, 6.07) is 9.41. The van der Waals surface area contributed by atoms with E-state index in [2.05, 4.69) is 5.32 Å². The second-order valence-electron chi connectivity index (χ2n) is 8.92. The van der Waals surface area contributed by atoms with Crippen LogP contribution in [0.15, 0.2) is 36.4 Å². The van der Waals surface area contributed by atoms with E-state index in [9.17, 15) is 19.5 Å². The molecule has 0 bridgehead atoms. The number of carbonyl (C=O) groups excluding carboxylic acids is 3. The molecule has 1 fully saturated rings. The number of carbonyl (C=O) groups is 3. The van der Waals surface area contributed by atoms with E-state index < -0.39 is 24.0 Å². The molecule has 0 spiro atoms. The molecule has 8 heteroatoms. The number of benzene rings is 2. The number of aliphatic hydroxyl groups is 1. The van der Waals surface area contributed by atoms with E-state index in [0.717, 1.165) is 25.7 Å². The molecule has 8 nitrogen and oxygen atoms in total. The summed E-state index contributed by atoms with van der Waals surface area (Å²) in [5.41, 5.74) is 1.34. The number of nitrogens with one attached hydrogen (secondary N) is 1. The molecule has 2 atom stereocenters. The number of hydrogen-bond acceptors (Lipinski definition) is 6. The first-order valence-corrected chi connectivity index (χ1v) is 11.6. The number of imide groups is 1. The second-order valence-corrected chi connectivity index (χ2v) is 8.92. The fourth-order valence-electron chi connectivity index (χ4n) is 4.77. The zero-order valence-electron chi connectivity index (χ0n) is 19.7. The molecule has 2 N–H and O–H groups in total. The maximum Gasteiger partial charge on any atom is 0.264 e. The van der Waals surface area contributed by atoms with Crippen molar-refractivity contribution in [2.75, 3.05) is 12.4 Å². The molecule has 1 aliphatic carbocycles. The van der Waals surface area contributed by atoms with Crippen molar-refractivity contribution in [3.05, 3.63) is 53.1 Å². The van der Waals surface area contributed by atoms with E-state index in [1.54, 1.807) is 50.4 Å². The molecule has 1 heterocycles. The van der Waals surface area contributed by atoms with Crippen molar-refractivity contribution in [3.63, 3.8) is 0 Å². The Morgan fingerprint density at radius 1 is 1.15 bits per heavy atom. The average molecular weight is 467 g/mol. The Kier molecular flexibility index (Phi) is 6.88. The van der Waals surface area contributed by atoms with Gasteiger partial charge in [0.25, 0.3) is 11.8 Å². The maximum atomic E-state index is 13.5. The van der Waals surface area contributed by atoms with Gasteiger partial charge in [0.05, 0.1) is 42.2 Å². The van der Waals surface area contributed by atoms with Crippen LogP contribution >= 0.6 is 0 Å². The first-order valence-electron chi connectivity index (χ1n) is 11.6. The fourth-order valence-corrected chi connectivity index (χ4v) is 4.77. The van der Waals surface area contributed by atoms with Gasteiger partial charge in [0, 0.05) is 6.92 Å². The first-order chi connectivity index (χ1) is 16.3. The molecule has 0 aromatic heterocycles. The third-order valence-electron chi connectivity index (χ3n) is 6.30. The maximum absolute atomic E-state index is 13.5. The van der Waals surface area contributed by atoms with Crippen LogP contribution in [-0.2, 0) is 4.79 Å². The molecule has 4 rings (SSSR count). The van der Waals surface area contributed by atoms with Gasteiger partial charge in [-0.15, -0.1) is 0 Å². The number of nitrogens with zero attached hydrogens (tertiary/aromatic N) is 1. The lowest BCUT2D eigenvalue weighted by molar-refractivity contribution is -0.114. The van der Waals surface area contributed by atoms with Crippen LogP contribution in [0, 0.1) is 0 Å². The van der Waals surface area contributed by atoms with Gasteiger partial charge in [0.1, 0.15) is 0 Å². The fraction of sp³-hybridized carbons (Fsp3) is 0.423. The summed E-state index contributed by atoms with van der Waals surface area (Å²) in [5, 5.41) is 12.9. The second kappa shape index (κ2) is 9.85. The molecule has 2 aliphatic rings. The number of anilines is 1. The Morgan fingerprint density at radius 2 is 1.88 bits per heavy atom. The predicted octanol–water partition coefficient (Wildman–Crippen LogP) is 4.08. The standard InChI is InChI=1S/C26H30N2O6/c1-15(29)13-21(17-11-12-22(33-3)23(14-17)34-18-7-4-5-8-18)28-25(31)19-9-6-10-20(27-16(2)30)24(19)26(28)32/h6,9-12,14-15,18,21,29H,4-5,7-8,13H2,1-3H3,(H,27,30). The first kappa shape index (κ1) is 23.8. The van der Waals surface area contributed by atoms with Gasteiger partial charge in [0.15, 0.2) is 11.5 Å². The minimum absolute atomic E-state index is 0.0962. The van der Waals surface area contributed by atoms with Crippen LogP contribution in [0.5, 0.6) is 11.5 Å². The van der Waals surface area contributed by atoms with Crippen molar-refractivity contribution < 1.29 is 29.0 Å². The zero-order chi connectivity index (χ0) is 24.4. The van der Waals surface area contributed by atoms with Crippen molar-refractivity contribution in [1.29, 1.82) is 0 Å². The van der Waals surface area contributed by atoms with Crippen molar-refractivity contribution in [2.24, 2.45) is 0 Å². The number of aliphatic hydroxyl groups excluding tert-OH is 1. The van der Waals surface area contributed by atoms with E-state index in [1.807, 2.05) is 0 Å².